The monoisotopic (exact) mass is 444 g/mol. The third-order valence-corrected chi connectivity index (χ3v) is 11.4. The zero-order valence-electron chi connectivity index (χ0n) is 21.2. The van der Waals surface area contributed by atoms with E-state index < -0.39 is 17.1 Å². The van der Waals surface area contributed by atoms with E-state index in [1.165, 1.54) is 0 Å². The van der Waals surface area contributed by atoms with Crippen LogP contribution in [0.1, 0.15) is 81.1 Å². The van der Waals surface area contributed by atoms with E-state index in [1.807, 2.05) is 0 Å². The third kappa shape index (κ3) is 8.35. The summed E-state index contributed by atoms with van der Waals surface area (Å²) >= 11 is 0. The van der Waals surface area contributed by atoms with Crippen molar-refractivity contribution >= 4 is 17.1 Å². The van der Waals surface area contributed by atoms with Crippen molar-refractivity contribution < 1.29 is 13.0 Å². The molecule has 0 aromatic carbocycles. The minimum Gasteiger partial charge on any atom is -0.415 e. The second kappa shape index (κ2) is 7.98. The molecule has 2 N–H and O–H groups in total. The summed E-state index contributed by atoms with van der Waals surface area (Å²) in [7, 11) is -4.63. The highest BCUT2D eigenvalue weighted by atomic mass is 28.5. The molecule has 2 fully saturated rings. The second-order valence-corrected chi connectivity index (χ2v) is 19.9. The van der Waals surface area contributed by atoms with Crippen LogP contribution in [-0.2, 0) is 13.0 Å². The minimum atomic E-state index is -2.31. The maximum atomic E-state index is 6.70. The number of hydrogen-bond acceptors (Lipinski definition) is 5. The van der Waals surface area contributed by atoms with Crippen LogP contribution in [0.25, 0.3) is 0 Å². The summed E-state index contributed by atoms with van der Waals surface area (Å²) in [5.41, 5.74) is 0.304. The van der Waals surface area contributed by atoms with Gasteiger partial charge in [-0.05, 0) is 107 Å². The zero-order valence-corrected chi connectivity index (χ0v) is 23.2. The van der Waals surface area contributed by atoms with Crippen LogP contribution < -0.4 is 10.6 Å². The molecule has 0 radical (unpaired) electrons. The Hall–Kier alpha value is 0.234. The first kappa shape index (κ1) is 25.5. The first-order chi connectivity index (χ1) is 12.7. The fraction of sp³-hybridized carbons (Fsp3) is 1.00. The van der Waals surface area contributed by atoms with Crippen molar-refractivity contribution in [2.24, 2.45) is 0 Å². The molecule has 2 heterocycles. The summed E-state index contributed by atoms with van der Waals surface area (Å²) in [6, 6.07) is 0. The van der Waals surface area contributed by atoms with E-state index in [2.05, 4.69) is 92.2 Å². The number of rotatable bonds is 6. The third-order valence-electron chi connectivity index (χ3n) is 5.70. The SMILES string of the molecule is CC1(C)CC(O[Si](C)(C)O[Si](C)(C)OC2CC(C)(C)NC(C)(C)C2)CC(C)(C)N1. The second-order valence-electron chi connectivity index (χ2n) is 13.0. The fourth-order valence-corrected chi connectivity index (χ4v) is 13.1. The van der Waals surface area contributed by atoms with Crippen molar-refractivity contribution in [1.82, 2.24) is 10.6 Å². The topological polar surface area (TPSA) is 51.8 Å². The van der Waals surface area contributed by atoms with Crippen molar-refractivity contribution in [3.05, 3.63) is 0 Å². The average Bonchev–Trinajstić information content (AvgIpc) is 2.25. The highest BCUT2D eigenvalue weighted by Gasteiger charge is 2.46. The first-order valence-electron chi connectivity index (χ1n) is 11.3. The minimum absolute atomic E-state index is 0.0760. The number of piperidine rings is 2. The van der Waals surface area contributed by atoms with E-state index in [0.29, 0.717) is 0 Å². The van der Waals surface area contributed by atoms with E-state index in [1.54, 1.807) is 0 Å². The Bertz CT molecular complexity index is 507. The van der Waals surface area contributed by atoms with Gasteiger partial charge in [-0.1, -0.05) is 0 Å². The Labute approximate surface area is 182 Å². The predicted octanol–water partition coefficient (Wildman–Crippen LogP) is 5.06. The van der Waals surface area contributed by atoms with Gasteiger partial charge in [-0.25, -0.2) is 0 Å². The van der Waals surface area contributed by atoms with Gasteiger partial charge in [0.25, 0.3) is 0 Å². The summed E-state index contributed by atoms with van der Waals surface area (Å²) in [4.78, 5) is 0. The molecular weight excluding hydrogens is 396 g/mol. The first-order valence-corrected chi connectivity index (χ1v) is 17.0. The molecule has 2 rings (SSSR count). The molecule has 5 nitrogen and oxygen atoms in total. The van der Waals surface area contributed by atoms with Gasteiger partial charge in [-0.15, -0.1) is 0 Å². The number of nitrogens with one attached hydrogen (secondary N) is 2. The van der Waals surface area contributed by atoms with E-state index in [0.717, 1.165) is 25.7 Å². The maximum Gasteiger partial charge on any atom is 0.323 e. The Morgan fingerprint density at radius 1 is 0.552 bits per heavy atom. The van der Waals surface area contributed by atoms with Gasteiger partial charge in [0.05, 0.1) is 12.2 Å². The Morgan fingerprint density at radius 3 is 1.03 bits per heavy atom. The lowest BCUT2D eigenvalue weighted by atomic mass is 9.81. The summed E-state index contributed by atoms with van der Waals surface area (Å²) < 4.78 is 20.0. The van der Waals surface area contributed by atoms with Gasteiger partial charge in [0.15, 0.2) is 0 Å². The highest BCUT2D eigenvalue weighted by Crippen LogP contribution is 2.35. The molecule has 2 saturated heterocycles. The molecule has 0 amide bonds. The van der Waals surface area contributed by atoms with Gasteiger partial charge in [0, 0.05) is 22.2 Å². The van der Waals surface area contributed by atoms with Crippen molar-refractivity contribution in [2.75, 3.05) is 0 Å². The van der Waals surface area contributed by atoms with Crippen LogP contribution in [0.15, 0.2) is 0 Å². The lowest BCUT2D eigenvalue weighted by molar-refractivity contribution is 0.0221. The quantitative estimate of drug-likeness (QED) is 0.561. The normalized spacial score (nSPS) is 27.7. The van der Waals surface area contributed by atoms with Crippen LogP contribution in [0.4, 0.5) is 0 Å². The van der Waals surface area contributed by atoms with Crippen molar-refractivity contribution in [3.8, 4) is 0 Å². The fourth-order valence-electron chi connectivity index (χ4n) is 6.07. The molecule has 0 atom stereocenters. The number of hydrogen-bond donors (Lipinski definition) is 2. The van der Waals surface area contributed by atoms with Gasteiger partial charge in [0.1, 0.15) is 0 Å². The molecule has 0 aromatic rings. The van der Waals surface area contributed by atoms with Gasteiger partial charge in [-0.2, -0.15) is 0 Å². The van der Waals surface area contributed by atoms with Crippen LogP contribution in [0, 0.1) is 0 Å². The lowest BCUT2D eigenvalue weighted by Gasteiger charge is -2.49. The summed E-state index contributed by atoms with van der Waals surface area (Å²) in [6.45, 7) is 26.9. The summed E-state index contributed by atoms with van der Waals surface area (Å²) in [6.07, 6.45) is 4.49. The molecule has 0 aromatic heterocycles. The zero-order chi connectivity index (χ0) is 22.5. The molecule has 7 heteroatoms. The molecule has 0 unspecified atom stereocenters. The van der Waals surface area contributed by atoms with E-state index in [4.69, 9.17) is 13.0 Å². The van der Waals surface area contributed by atoms with E-state index >= 15 is 0 Å². The molecular formula is C22H48N2O3Si2. The van der Waals surface area contributed by atoms with Gasteiger partial charge < -0.3 is 23.6 Å². The largest absolute Gasteiger partial charge is 0.415 e. The Kier molecular flexibility index (Phi) is 7.01. The van der Waals surface area contributed by atoms with Crippen LogP contribution >= 0.6 is 0 Å². The van der Waals surface area contributed by atoms with Crippen LogP contribution in [0.2, 0.25) is 26.2 Å². The molecule has 2 aliphatic rings. The Morgan fingerprint density at radius 2 is 0.793 bits per heavy atom. The van der Waals surface area contributed by atoms with E-state index in [-0.39, 0.29) is 34.4 Å². The highest BCUT2D eigenvalue weighted by molar-refractivity contribution is 6.78. The molecule has 0 bridgehead atoms. The molecule has 29 heavy (non-hydrogen) atoms. The summed E-state index contributed by atoms with van der Waals surface area (Å²) in [5, 5.41) is 7.48. The van der Waals surface area contributed by atoms with Crippen molar-refractivity contribution in [2.45, 2.75) is 142 Å². The average molecular weight is 445 g/mol. The summed E-state index contributed by atoms with van der Waals surface area (Å²) in [5.74, 6) is 0. The molecule has 2 aliphatic heterocycles. The molecule has 0 aliphatic carbocycles. The predicted molar refractivity (Wildman–Crippen MR) is 127 cm³/mol. The van der Waals surface area contributed by atoms with Crippen LogP contribution in [0.5, 0.6) is 0 Å². The van der Waals surface area contributed by atoms with Crippen LogP contribution in [0.3, 0.4) is 0 Å². The van der Waals surface area contributed by atoms with Crippen LogP contribution in [-0.4, -0.2) is 51.5 Å². The standard InChI is InChI=1S/C22H48N2O3Si2/c1-19(2)13-17(14-20(3,4)23-19)25-28(9,10)27-29(11,12)26-18-15-21(5,6)24-22(7,8)16-18/h17-18,23-24H,13-16H2,1-12H3. The molecule has 0 saturated carbocycles. The maximum absolute atomic E-state index is 6.70. The van der Waals surface area contributed by atoms with Crippen molar-refractivity contribution in [1.29, 1.82) is 0 Å². The van der Waals surface area contributed by atoms with Gasteiger partial charge in [-0.3, -0.25) is 0 Å². The van der Waals surface area contributed by atoms with E-state index in [9.17, 15) is 0 Å². The van der Waals surface area contributed by atoms with Gasteiger partial charge >= 0.3 is 17.1 Å². The van der Waals surface area contributed by atoms with Crippen molar-refractivity contribution in [3.63, 3.8) is 0 Å². The molecule has 172 valence electrons. The molecule has 0 spiro atoms. The lowest BCUT2D eigenvalue weighted by Crippen LogP contribution is -2.62. The Balaban J connectivity index is 2.01. The smallest absolute Gasteiger partial charge is 0.323 e. The van der Waals surface area contributed by atoms with Gasteiger partial charge in [0.2, 0.25) is 0 Å².